The van der Waals surface area contributed by atoms with Crippen LogP contribution in [0, 0.1) is 0 Å². The van der Waals surface area contributed by atoms with E-state index >= 15 is 0 Å². The molecule has 5 nitrogen and oxygen atoms in total. The molecule has 1 aliphatic rings. The molecular formula is C16H23Cl2N5. The molecule has 2 atom stereocenters. The van der Waals surface area contributed by atoms with E-state index in [4.69, 9.17) is 28.9 Å². The summed E-state index contributed by atoms with van der Waals surface area (Å²) in [6, 6.07) is 5.83. The zero-order valence-electron chi connectivity index (χ0n) is 13.6. The highest BCUT2D eigenvalue weighted by molar-refractivity contribution is 6.44. The van der Waals surface area contributed by atoms with E-state index in [9.17, 15) is 0 Å². The van der Waals surface area contributed by atoms with Crippen LogP contribution in [0.3, 0.4) is 0 Å². The molecule has 7 heteroatoms. The van der Waals surface area contributed by atoms with Crippen molar-refractivity contribution in [2.75, 3.05) is 19.4 Å². The van der Waals surface area contributed by atoms with E-state index in [-0.39, 0.29) is 0 Å². The molecule has 0 fully saturated rings. The summed E-state index contributed by atoms with van der Waals surface area (Å²) in [4.78, 5) is 6.75. The fourth-order valence-corrected chi connectivity index (χ4v) is 2.52. The molecule has 1 heterocycles. The first-order valence-electron chi connectivity index (χ1n) is 7.51. The third kappa shape index (κ3) is 4.85. The van der Waals surface area contributed by atoms with Crippen molar-refractivity contribution < 1.29 is 0 Å². The maximum absolute atomic E-state index is 6.39. The van der Waals surface area contributed by atoms with E-state index in [0.29, 0.717) is 27.7 Å². The Morgan fingerprint density at radius 3 is 2.83 bits per heavy atom. The number of aliphatic imine (C=N–C) groups is 1. The summed E-state index contributed by atoms with van der Waals surface area (Å²) in [5.74, 6) is 0.552. The molecule has 2 unspecified atom stereocenters. The molecule has 1 aromatic carbocycles. The predicted molar refractivity (Wildman–Crippen MR) is 99.1 cm³/mol. The van der Waals surface area contributed by atoms with Crippen molar-refractivity contribution in [3.63, 3.8) is 0 Å². The molecule has 0 aliphatic carbocycles. The van der Waals surface area contributed by atoms with Crippen LogP contribution in [0.15, 0.2) is 35.5 Å². The lowest BCUT2D eigenvalue weighted by Crippen LogP contribution is -2.44. The Morgan fingerprint density at radius 1 is 1.39 bits per heavy atom. The van der Waals surface area contributed by atoms with Crippen molar-refractivity contribution in [1.29, 1.82) is 0 Å². The number of guanidine groups is 1. The van der Waals surface area contributed by atoms with Gasteiger partial charge in [-0.3, -0.25) is 0 Å². The Bertz CT molecular complexity index is 614. The van der Waals surface area contributed by atoms with Crippen LogP contribution in [0.2, 0.25) is 10.0 Å². The van der Waals surface area contributed by atoms with Gasteiger partial charge in [0, 0.05) is 12.2 Å². The van der Waals surface area contributed by atoms with Crippen LogP contribution in [0.25, 0.3) is 0 Å². The lowest BCUT2D eigenvalue weighted by molar-refractivity contribution is 0.278. The Balaban J connectivity index is 2.08. The van der Waals surface area contributed by atoms with E-state index in [1.54, 1.807) is 12.3 Å². The van der Waals surface area contributed by atoms with Gasteiger partial charge in [0.05, 0.1) is 15.7 Å². The van der Waals surface area contributed by atoms with Gasteiger partial charge >= 0.3 is 0 Å². The number of nitrogens with two attached hydrogens (primary N) is 1. The average Bonchev–Trinajstić information content (AvgIpc) is 2.49. The van der Waals surface area contributed by atoms with E-state index in [1.165, 1.54) is 0 Å². The fraction of sp³-hybridized carbons (Fsp3) is 0.438. The monoisotopic (exact) mass is 355 g/mol. The van der Waals surface area contributed by atoms with Gasteiger partial charge in [0.1, 0.15) is 5.66 Å². The second kappa shape index (κ2) is 7.53. The van der Waals surface area contributed by atoms with Crippen LogP contribution in [0.5, 0.6) is 0 Å². The van der Waals surface area contributed by atoms with Crippen molar-refractivity contribution >= 4 is 34.8 Å². The summed E-state index contributed by atoms with van der Waals surface area (Å²) in [7, 11) is 4.12. The van der Waals surface area contributed by atoms with E-state index < -0.39 is 5.66 Å². The van der Waals surface area contributed by atoms with Gasteiger partial charge in [-0.2, -0.15) is 0 Å². The Labute approximate surface area is 147 Å². The standard InChI is InChI=1S/C16H23Cl2N5/c1-11(23(2)3)7-8-16(19)9-10-20-15(22-16)21-13-6-4-5-12(17)14(13)18/h4-6,9-11H,7-8,19H2,1-3H3,(H2,20,21,22). The van der Waals surface area contributed by atoms with Crippen molar-refractivity contribution in [1.82, 2.24) is 10.2 Å². The number of hydrogen-bond donors (Lipinski definition) is 3. The van der Waals surface area contributed by atoms with Crippen LogP contribution in [-0.4, -0.2) is 36.7 Å². The van der Waals surface area contributed by atoms with Gasteiger partial charge in [-0.15, -0.1) is 0 Å². The molecule has 0 bridgehead atoms. The number of benzene rings is 1. The average molecular weight is 356 g/mol. The number of nitrogens with one attached hydrogen (secondary N) is 2. The van der Waals surface area contributed by atoms with Gasteiger partial charge in [0.2, 0.25) is 5.96 Å². The fourth-order valence-electron chi connectivity index (χ4n) is 2.17. The molecule has 0 radical (unpaired) electrons. The first-order chi connectivity index (χ1) is 10.8. The molecule has 0 spiro atoms. The maximum atomic E-state index is 6.39. The minimum absolute atomic E-state index is 0.438. The van der Waals surface area contributed by atoms with Crippen LogP contribution >= 0.6 is 23.2 Å². The quantitative estimate of drug-likeness (QED) is 0.758. The number of nitrogens with zero attached hydrogens (tertiary/aromatic N) is 2. The Morgan fingerprint density at radius 2 is 2.13 bits per heavy atom. The third-order valence-electron chi connectivity index (χ3n) is 3.96. The van der Waals surface area contributed by atoms with Crippen LogP contribution in [0.4, 0.5) is 5.69 Å². The van der Waals surface area contributed by atoms with Gasteiger partial charge in [-0.05, 0) is 52.1 Å². The summed E-state index contributed by atoms with van der Waals surface area (Å²) < 4.78 is 0. The highest BCUT2D eigenvalue weighted by atomic mass is 35.5. The third-order valence-corrected chi connectivity index (χ3v) is 4.78. The van der Waals surface area contributed by atoms with E-state index in [2.05, 4.69) is 41.5 Å². The molecule has 126 valence electrons. The van der Waals surface area contributed by atoms with Gasteiger partial charge in [-0.25, -0.2) is 4.99 Å². The van der Waals surface area contributed by atoms with Crippen LogP contribution in [-0.2, 0) is 0 Å². The highest BCUT2D eigenvalue weighted by Crippen LogP contribution is 2.29. The Kier molecular flexibility index (Phi) is 5.92. The van der Waals surface area contributed by atoms with Gasteiger partial charge in [0.15, 0.2) is 0 Å². The molecule has 4 N–H and O–H groups in total. The number of halogens is 2. The van der Waals surface area contributed by atoms with Crippen molar-refractivity contribution in [2.24, 2.45) is 10.7 Å². The predicted octanol–water partition coefficient (Wildman–Crippen LogP) is 3.26. The first-order valence-corrected chi connectivity index (χ1v) is 8.27. The lowest BCUT2D eigenvalue weighted by Gasteiger charge is -2.29. The molecule has 0 aromatic heterocycles. The zero-order chi connectivity index (χ0) is 17.0. The second-order valence-corrected chi connectivity index (χ2v) is 6.79. The van der Waals surface area contributed by atoms with E-state index in [1.807, 2.05) is 18.2 Å². The molecule has 0 saturated heterocycles. The number of anilines is 1. The molecule has 1 aliphatic heterocycles. The molecule has 0 saturated carbocycles. The minimum Gasteiger partial charge on any atom is -0.333 e. The molecule has 23 heavy (non-hydrogen) atoms. The summed E-state index contributed by atoms with van der Waals surface area (Å²) in [5.41, 5.74) is 6.34. The first kappa shape index (κ1) is 18.1. The van der Waals surface area contributed by atoms with Gasteiger partial charge in [-0.1, -0.05) is 29.3 Å². The normalized spacial score (nSPS) is 21.8. The topological polar surface area (TPSA) is 65.7 Å². The maximum Gasteiger partial charge on any atom is 0.202 e. The molecule has 0 amide bonds. The molecule has 2 rings (SSSR count). The lowest BCUT2D eigenvalue weighted by atomic mass is 10.0. The minimum atomic E-state index is -0.733. The Hall–Kier alpha value is -1.27. The number of hydrogen-bond acceptors (Lipinski definition) is 5. The summed E-state index contributed by atoms with van der Waals surface area (Å²) >= 11 is 12.2. The van der Waals surface area contributed by atoms with Crippen molar-refractivity contribution in [2.45, 2.75) is 31.5 Å². The summed E-state index contributed by atoms with van der Waals surface area (Å²) in [6.45, 7) is 2.17. The van der Waals surface area contributed by atoms with Crippen molar-refractivity contribution in [3.05, 3.63) is 40.5 Å². The van der Waals surface area contributed by atoms with E-state index in [0.717, 1.165) is 12.8 Å². The largest absolute Gasteiger partial charge is 0.333 e. The SMILES string of the molecule is CC(CCC1(N)C=CNC(Nc2cccc(Cl)c2Cl)=N1)N(C)C. The summed E-state index contributed by atoms with van der Waals surface area (Å²) in [6.07, 6.45) is 5.37. The molecular weight excluding hydrogens is 333 g/mol. The van der Waals surface area contributed by atoms with Crippen molar-refractivity contribution in [3.8, 4) is 0 Å². The highest BCUT2D eigenvalue weighted by Gasteiger charge is 2.25. The van der Waals surface area contributed by atoms with Gasteiger partial charge in [0.25, 0.3) is 0 Å². The second-order valence-electron chi connectivity index (χ2n) is 6.01. The molecule has 1 aromatic rings. The van der Waals surface area contributed by atoms with Crippen LogP contribution < -0.4 is 16.4 Å². The zero-order valence-corrected chi connectivity index (χ0v) is 15.1. The summed E-state index contributed by atoms with van der Waals surface area (Å²) in [5, 5.41) is 7.13. The number of rotatable bonds is 5. The van der Waals surface area contributed by atoms with Crippen LogP contribution in [0.1, 0.15) is 19.8 Å². The van der Waals surface area contributed by atoms with Gasteiger partial charge < -0.3 is 21.3 Å². The smallest absolute Gasteiger partial charge is 0.202 e.